The number of Topliss-reactive ketones (excluding diaryl/α,β-unsaturated/α-hetero) is 1. The predicted molar refractivity (Wildman–Crippen MR) is 62.4 cm³/mol. The quantitative estimate of drug-likeness (QED) is 0.551. The molecule has 4 nitrogen and oxygen atoms in total. The molecule has 4 heteroatoms. The van der Waals surface area contributed by atoms with Crippen molar-refractivity contribution >= 4 is 11.5 Å². The monoisotopic (exact) mass is 231 g/mol. The van der Waals surface area contributed by atoms with Gasteiger partial charge in [-0.05, 0) is 43.7 Å². The Morgan fingerprint density at radius 1 is 1.06 bits per heavy atom. The molecule has 1 aromatic carbocycles. The second-order valence-electron chi connectivity index (χ2n) is 4.78. The number of rotatable bonds is 1. The lowest BCUT2D eigenvalue weighted by atomic mass is 9.87. The van der Waals surface area contributed by atoms with Crippen LogP contribution in [0.4, 0.5) is 5.69 Å². The number of aryl methyl sites for hydroxylation is 1. The van der Waals surface area contributed by atoms with Gasteiger partial charge in [-0.25, -0.2) is 0 Å². The Bertz CT molecular complexity index is 534. The lowest BCUT2D eigenvalue weighted by Crippen LogP contribution is -2.10. The van der Waals surface area contributed by atoms with Crippen LogP contribution in [0, 0.1) is 10.1 Å². The molecule has 0 unspecified atom stereocenters. The van der Waals surface area contributed by atoms with Crippen LogP contribution in [0.3, 0.4) is 0 Å². The highest BCUT2D eigenvalue weighted by atomic mass is 16.6. The van der Waals surface area contributed by atoms with Crippen molar-refractivity contribution in [3.8, 4) is 0 Å². The summed E-state index contributed by atoms with van der Waals surface area (Å²) >= 11 is 0. The molecule has 88 valence electrons. The fourth-order valence-corrected chi connectivity index (χ4v) is 3.02. The van der Waals surface area contributed by atoms with Gasteiger partial charge in [0.15, 0.2) is 5.78 Å². The number of nitro groups is 1. The van der Waals surface area contributed by atoms with Crippen LogP contribution >= 0.6 is 0 Å². The number of carbonyl (C=O) groups is 1. The van der Waals surface area contributed by atoms with Crippen LogP contribution in [0.1, 0.15) is 46.3 Å². The fraction of sp³-hybridized carbons (Fsp3) is 0.462. The summed E-state index contributed by atoms with van der Waals surface area (Å²) in [6.07, 6.45) is 4.71. The zero-order chi connectivity index (χ0) is 12.0. The van der Waals surface area contributed by atoms with Crippen LogP contribution in [0.25, 0.3) is 0 Å². The largest absolute Gasteiger partial charge is 0.294 e. The molecule has 0 saturated carbocycles. The minimum Gasteiger partial charge on any atom is -0.294 e. The second kappa shape index (κ2) is 3.65. The van der Waals surface area contributed by atoms with E-state index in [2.05, 4.69) is 0 Å². The summed E-state index contributed by atoms with van der Waals surface area (Å²) in [5, 5.41) is 11.2. The van der Waals surface area contributed by atoms with Gasteiger partial charge in [0.05, 0.1) is 4.92 Å². The Labute approximate surface area is 98.8 Å². The molecule has 0 aromatic heterocycles. The summed E-state index contributed by atoms with van der Waals surface area (Å²) < 4.78 is 0. The number of ketones is 1. The molecule has 2 aliphatic rings. The molecule has 0 atom stereocenters. The molecule has 0 heterocycles. The smallest absolute Gasteiger partial charge is 0.276 e. The maximum Gasteiger partial charge on any atom is 0.276 e. The summed E-state index contributed by atoms with van der Waals surface area (Å²) in [7, 11) is 0. The summed E-state index contributed by atoms with van der Waals surface area (Å²) in [6, 6.07) is 1.91. The normalized spacial score (nSPS) is 17.8. The molecule has 0 bridgehead atoms. The van der Waals surface area contributed by atoms with E-state index in [0.717, 1.165) is 36.8 Å². The Morgan fingerprint density at radius 2 is 1.82 bits per heavy atom. The molecule has 17 heavy (non-hydrogen) atoms. The Morgan fingerprint density at radius 3 is 2.59 bits per heavy atom. The van der Waals surface area contributed by atoms with E-state index in [1.54, 1.807) is 0 Å². The van der Waals surface area contributed by atoms with Crippen molar-refractivity contribution in [3.63, 3.8) is 0 Å². The second-order valence-corrected chi connectivity index (χ2v) is 4.78. The molecule has 0 saturated heterocycles. The fourth-order valence-electron chi connectivity index (χ4n) is 3.02. The molecular formula is C13H13NO3. The van der Waals surface area contributed by atoms with E-state index in [9.17, 15) is 14.9 Å². The van der Waals surface area contributed by atoms with E-state index in [1.165, 1.54) is 0 Å². The first-order valence-corrected chi connectivity index (χ1v) is 6.03. The van der Waals surface area contributed by atoms with Crippen molar-refractivity contribution in [2.45, 2.75) is 38.5 Å². The van der Waals surface area contributed by atoms with E-state index < -0.39 is 0 Å². The highest BCUT2D eigenvalue weighted by Crippen LogP contribution is 2.38. The van der Waals surface area contributed by atoms with Crippen molar-refractivity contribution < 1.29 is 9.72 Å². The average Bonchev–Trinajstić information content (AvgIpc) is 2.67. The highest BCUT2D eigenvalue weighted by Gasteiger charge is 2.33. The minimum absolute atomic E-state index is 0.0662. The summed E-state index contributed by atoms with van der Waals surface area (Å²) in [5.41, 5.74) is 3.44. The van der Waals surface area contributed by atoms with Crippen LogP contribution in [0.2, 0.25) is 0 Å². The standard InChI is InChI=1S/C13H13NO3/c15-12-6-5-10-11(12)7-8-3-1-2-4-9(8)13(10)14(16)17/h7H,1-6H2. The maximum absolute atomic E-state index is 11.7. The van der Waals surface area contributed by atoms with Gasteiger partial charge in [-0.3, -0.25) is 14.9 Å². The average molecular weight is 231 g/mol. The number of nitro benzene ring substituents is 1. The molecule has 0 amide bonds. The van der Waals surface area contributed by atoms with Crippen LogP contribution in [-0.2, 0) is 19.3 Å². The lowest BCUT2D eigenvalue weighted by Gasteiger charge is -2.17. The van der Waals surface area contributed by atoms with E-state index in [1.807, 2.05) is 6.07 Å². The van der Waals surface area contributed by atoms with E-state index in [4.69, 9.17) is 0 Å². The van der Waals surface area contributed by atoms with Crippen LogP contribution in [-0.4, -0.2) is 10.7 Å². The third-order valence-electron chi connectivity index (χ3n) is 3.81. The number of nitrogens with zero attached hydrogens (tertiary/aromatic N) is 1. The highest BCUT2D eigenvalue weighted by molar-refractivity contribution is 6.02. The molecule has 0 N–H and O–H groups in total. The Hall–Kier alpha value is -1.71. The predicted octanol–water partition coefficient (Wildman–Crippen LogP) is 2.60. The van der Waals surface area contributed by atoms with Gasteiger partial charge in [-0.1, -0.05) is 0 Å². The van der Waals surface area contributed by atoms with Crippen molar-refractivity contribution in [2.24, 2.45) is 0 Å². The Balaban J connectivity index is 2.30. The number of benzene rings is 1. The third-order valence-corrected chi connectivity index (χ3v) is 3.81. The number of carbonyl (C=O) groups excluding carboxylic acids is 1. The van der Waals surface area contributed by atoms with Crippen molar-refractivity contribution in [3.05, 3.63) is 38.4 Å². The van der Waals surface area contributed by atoms with E-state index in [0.29, 0.717) is 24.0 Å². The van der Waals surface area contributed by atoms with Gasteiger partial charge in [0.1, 0.15) is 0 Å². The molecule has 0 radical (unpaired) electrons. The number of hydrogen-bond acceptors (Lipinski definition) is 3. The summed E-state index contributed by atoms with van der Waals surface area (Å²) in [6.45, 7) is 0. The molecule has 1 aromatic rings. The van der Waals surface area contributed by atoms with Gasteiger partial charge in [0.25, 0.3) is 5.69 Å². The molecule has 2 aliphatic carbocycles. The van der Waals surface area contributed by atoms with Gasteiger partial charge < -0.3 is 0 Å². The third kappa shape index (κ3) is 1.47. The van der Waals surface area contributed by atoms with Gasteiger partial charge >= 0.3 is 0 Å². The molecule has 0 fully saturated rings. The number of hydrogen-bond donors (Lipinski definition) is 0. The van der Waals surface area contributed by atoms with Gasteiger partial charge in [-0.15, -0.1) is 0 Å². The SMILES string of the molecule is O=C1CCc2c1cc1c(c2[N+](=O)[O-])CCCC1. The topological polar surface area (TPSA) is 60.2 Å². The minimum atomic E-state index is -0.290. The zero-order valence-electron chi connectivity index (χ0n) is 9.49. The van der Waals surface area contributed by atoms with Crippen LogP contribution in [0.15, 0.2) is 6.07 Å². The molecule has 0 spiro atoms. The molecule has 0 aliphatic heterocycles. The van der Waals surface area contributed by atoms with Gasteiger partial charge in [0, 0.05) is 23.1 Å². The first-order chi connectivity index (χ1) is 8.18. The Kier molecular flexibility index (Phi) is 2.24. The summed E-state index contributed by atoms with van der Waals surface area (Å²) in [5.74, 6) is 0.0662. The van der Waals surface area contributed by atoms with Crippen molar-refractivity contribution in [2.75, 3.05) is 0 Å². The van der Waals surface area contributed by atoms with Crippen LogP contribution in [0.5, 0.6) is 0 Å². The van der Waals surface area contributed by atoms with Crippen LogP contribution < -0.4 is 0 Å². The number of fused-ring (bicyclic) bond motifs is 2. The first-order valence-electron chi connectivity index (χ1n) is 6.03. The van der Waals surface area contributed by atoms with Gasteiger partial charge in [0.2, 0.25) is 0 Å². The molecule has 3 rings (SSSR count). The van der Waals surface area contributed by atoms with Gasteiger partial charge in [-0.2, -0.15) is 0 Å². The van der Waals surface area contributed by atoms with Crippen molar-refractivity contribution in [1.82, 2.24) is 0 Å². The molecular weight excluding hydrogens is 218 g/mol. The summed E-state index contributed by atoms with van der Waals surface area (Å²) in [4.78, 5) is 22.6. The lowest BCUT2D eigenvalue weighted by molar-refractivity contribution is -0.386. The van der Waals surface area contributed by atoms with E-state index in [-0.39, 0.29) is 16.4 Å². The zero-order valence-corrected chi connectivity index (χ0v) is 9.49. The maximum atomic E-state index is 11.7. The van der Waals surface area contributed by atoms with E-state index >= 15 is 0 Å². The van der Waals surface area contributed by atoms with Crippen molar-refractivity contribution in [1.29, 1.82) is 0 Å². The first kappa shape index (κ1) is 10.4.